The number of rotatable bonds is 3. The SMILES string of the molecule is Cc1nnc(Sc2[se]nnc2-c2ccccc2)s1. The van der Waals surface area contributed by atoms with Crippen LogP contribution in [0.1, 0.15) is 5.01 Å². The molecular weight excluding hydrogens is 331 g/mol. The van der Waals surface area contributed by atoms with E-state index in [2.05, 4.69) is 31.5 Å². The summed E-state index contributed by atoms with van der Waals surface area (Å²) in [6.07, 6.45) is 0. The van der Waals surface area contributed by atoms with Crippen LogP contribution in [-0.2, 0) is 0 Å². The van der Waals surface area contributed by atoms with Crippen LogP contribution in [0.5, 0.6) is 0 Å². The van der Waals surface area contributed by atoms with Crippen molar-refractivity contribution < 1.29 is 0 Å². The summed E-state index contributed by atoms with van der Waals surface area (Å²) in [4.78, 5) is 0. The molecule has 18 heavy (non-hydrogen) atoms. The van der Waals surface area contributed by atoms with E-state index in [-0.39, 0.29) is 14.7 Å². The summed E-state index contributed by atoms with van der Waals surface area (Å²) in [5.74, 6) is 0. The quantitative estimate of drug-likeness (QED) is 0.687. The molecule has 3 rings (SSSR count). The molecule has 4 nitrogen and oxygen atoms in total. The van der Waals surface area contributed by atoms with Crippen molar-refractivity contribution in [1.82, 2.24) is 19.4 Å². The Labute approximate surface area is 118 Å². The normalized spacial score (nSPS) is 10.7. The van der Waals surface area contributed by atoms with Gasteiger partial charge in [0.15, 0.2) is 0 Å². The molecule has 2 aromatic heterocycles. The molecule has 0 bridgehead atoms. The molecule has 0 aliphatic carbocycles. The Morgan fingerprint density at radius 1 is 1.11 bits per heavy atom. The second-order valence-corrected chi connectivity index (χ2v) is 8.07. The van der Waals surface area contributed by atoms with Gasteiger partial charge in [0, 0.05) is 0 Å². The average Bonchev–Trinajstić information content (AvgIpc) is 3.00. The molecule has 1 aromatic carbocycles. The van der Waals surface area contributed by atoms with Gasteiger partial charge in [0.2, 0.25) is 0 Å². The first-order chi connectivity index (χ1) is 8.83. The van der Waals surface area contributed by atoms with Gasteiger partial charge >= 0.3 is 119 Å². The zero-order chi connectivity index (χ0) is 12.4. The zero-order valence-electron chi connectivity index (χ0n) is 9.40. The van der Waals surface area contributed by atoms with Crippen LogP contribution in [0.25, 0.3) is 11.3 Å². The Hall–Kier alpha value is -1.01. The minimum atomic E-state index is 0.0649. The van der Waals surface area contributed by atoms with Gasteiger partial charge in [0.25, 0.3) is 0 Å². The molecular formula is C11H8N4S2Se. The van der Waals surface area contributed by atoms with Crippen molar-refractivity contribution in [2.75, 3.05) is 0 Å². The second kappa shape index (κ2) is 5.32. The summed E-state index contributed by atoms with van der Waals surface area (Å²) in [6, 6.07) is 10.1. The maximum absolute atomic E-state index is 4.26. The Morgan fingerprint density at radius 2 is 1.94 bits per heavy atom. The van der Waals surface area contributed by atoms with Crippen LogP contribution in [0.4, 0.5) is 0 Å². The van der Waals surface area contributed by atoms with Crippen LogP contribution in [0, 0.1) is 6.92 Å². The fourth-order valence-electron chi connectivity index (χ4n) is 1.42. The fraction of sp³-hybridized carbons (Fsp3) is 0.0909. The molecule has 0 N–H and O–H groups in total. The summed E-state index contributed by atoms with van der Waals surface area (Å²) in [6.45, 7) is 1.96. The third-order valence-electron chi connectivity index (χ3n) is 2.19. The monoisotopic (exact) mass is 340 g/mol. The van der Waals surface area contributed by atoms with Gasteiger partial charge in [-0.15, -0.1) is 0 Å². The van der Waals surface area contributed by atoms with Crippen molar-refractivity contribution in [2.24, 2.45) is 0 Å². The summed E-state index contributed by atoms with van der Waals surface area (Å²) >= 11 is 3.31. The summed E-state index contributed by atoms with van der Waals surface area (Å²) < 4.78 is 6.34. The summed E-state index contributed by atoms with van der Waals surface area (Å²) in [7, 11) is 0. The molecule has 0 saturated heterocycles. The first-order valence-electron chi connectivity index (χ1n) is 5.18. The minimum absolute atomic E-state index is 0.0649. The van der Waals surface area contributed by atoms with Crippen molar-refractivity contribution >= 4 is 37.8 Å². The maximum atomic E-state index is 4.26. The molecule has 7 heteroatoms. The van der Waals surface area contributed by atoms with E-state index in [1.54, 1.807) is 23.1 Å². The predicted molar refractivity (Wildman–Crippen MR) is 73.2 cm³/mol. The van der Waals surface area contributed by atoms with Crippen LogP contribution in [-0.4, -0.2) is 34.1 Å². The molecule has 0 spiro atoms. The Morgan fingerprint density at radius 3 is 2.67 bits per heavy atom. The van der Waals surface area contributed by atoms with Crippen LogP contribution in [0.15, 0.2) is 38.4 Å². The molecule has 0 aliphatic heterocycles. The predicted octanol–water partition coefficient (Wildman–Crippen LogP) is 2.51. The van der Waals surface area contributed by atoms with E-state index in [4.69, 9.17) is 0 Å². The van der Waals surface area contributed by atoms with E-state index < -0.39 is 0 Å². The summed E-state index contributed by atoms with van der Waals surface area (Å²) in [5, 5.41) is 13.4. The van der Waals surface area contributed by atoms with Gasteiger partial charge < -0.3 is 0 Å². The Kier molecular flexibility index (Phi) is 3.56. The molecule has 0 amide bonds. The first kappa shape index (κ1) is 12.0. The molecule has 0 radical (unpaired) electrons. The van der Waals surface area contributed by atoms with Gasteiger partial charge in [-0.2, -0.15) is 0 Å². The standard InChI is InChI=1S/C11H8N4S2Se/c1-7-12-14-11(16-7)17-10-9(13-15-18-10)8-5-3-2-4-6-8/h2-6H,1H3. The van der Waals surface area contributed by atoms with E-state index in [1.807, 2.05) is 25.1 Å². The van der Waals surface area contributed by atoms with Crippen LogP contribution in [0.2, 0.25) is 0 Å². The van der Waals surface area contributed by atoms with Crippen LogP contribution in [0.3, 0.4) is 0 Å². The van der Waals surface area contributed by atoms with Gasteiger partial charge in [-0.25, -0.2) is 0 Å². The van der Waals surface area contributed by atoms with E-state index in [9.17, 15) is 0 Å². The van der Waals surface area contributed by atoms with E-state index in [0.29, 0.717) is 0 Å². The van der Waals surface area contributed by atoms with E-state index in [0.717, 1.165) is 20.6 Å². The molecule has 0 fully saturated rings. The van der Waals surface area contributed by atoms with Gasteiger partial charge in [-0.3, -0.25) is 0 Å². The molecule has 0 saturated carbocycles. The first-order valence-corrected chi connectivity index (χ1v) is 8.44. The molecule has 3 aromatic rings. The van der Waals surface area contributed by atoms with Crippen LogP contribution < -0.4 is 0 Å². The molecule has 0 atom stereocenters. The van der Waals surface area contributed by atoms with E-state index >= 15 is 0 Å². The number of aromatic nitrogens is 4. The Bertz CT molecular complexity index is 650. The van der Waals surface area contributed by atoms with Gasteiger partial charge in [-0.1, -0.05) is 0 Å². The van der Waals surface area contributed by atoms with Crippen molar-refractivity contribution in [3.05, 3.63) is 35.3 Å². The summed E-state index contributed by atoms with van der Waals surface area (Å²) in [5.41, 5.74) is 2.10. The number of benzene rings is 1. The average molecular weight is 339 g/mol. The van der Waals surface area contributed by atoms with Gasteiger partial charge in [0.1, 0.15) is 0 Å². The number of hydrogen-bond acceptors (Lipinski definition) is 6. The molecule has 2 heterocycles. The van der Waals surface area contributed by atoms with Crippen LogP contribution >= 0.6 is 23.1 Å². The van der Waals surface area contributed by atoms with E-state index in [1.165, 1.54) is 3.77 Å². The van der Waals surface area contributed by atoms with Crippen molar-refractivity contribution in [3.63, 3.8) is 0 Å². The van der Waals surface area contributed by atoms with Gasteiger partial charge in [-0.05, 0) is 0 Å². The number of aryl methyl sites for hydroxylation is 1. The molecule has 0 unspecified atom stereocenters. The van der Waals surface area contributed by atoms with Crippen molar-refractivity contribution in [1.29, 1.82) is 0 Å². The second-order valence-electron chi connectivity index (χ2n) is 3.46. The molecule has 0 aliphatic rings. The molecule has 90 valence electrons. The zero-order valence-corrected chi connectivity index (χ0v) is 12.7. The van der Waals surface area contributed by atoms with Crippen molar-refractivity contribution in [2.45, 2.75) is 15.0 Å². The number of hydrogen-bond donors (Lipinski definition) is 0. The number of nitrogens with zero attached hydrogens (tertiary/aromatic N) is 4. The topological polar surface area (TPSA) is 51.6 Å². The third kappa shape index (κ3) is 2.54. The van der Waals surface area contributed by atoms with Gasteiger partial charge in [0.05, 0.1) is 0 Å². The third-order valence-corrected chi connectivity index (χ3v) is 5.97. The van der Waals surface area contributed by atoms with Crippen molar-refractivity contribution in [3.8, 4) is 11.3 Å². The Balaban J connectivity index is 1.93. The fourth-order valence-corrected chi connectivity index (χ4v) is 5.34.